The monoisotopic (exact) mass is 383 g/mol. The summed E-state index contributed by atoms with van der Waals surface area (Å²) < 4.78 is 0. The average Bonchev–Trinajstić information content (AvgIpc) is 3.22. The third-order valence-electron chi connectivity index (χ3n) is 5.18. The Morgan fingerprint density at radius 1 is 1.26 bits per heavy atom. The van der Waals surface area contributed by atoms with Gasteiger partial charge in [-0.3, -0.25) is 9.89 Å². The third kappa shape index (κ3) is 3.88. The minimum Gasteiger partial charge on any atom is -0.341 e. The number of carbonyl (C=O) groups is 1. The molecule has 1 aliphatic carbocycles. The highest BCUT2D eigenvalue weighted by molar-refractivity contribution is 7.98. The van der Waals surface area contributed by atoms with Crippen molar-refractivity contribution in [3.05, 3.63) is 47.0 Å². The largest absolute Gasteiger partial charge is 0.341 e. The van der Waals surface area contributed by atoms with Crippen LogP contribution in [0.4, 0.5) is 0 Å². The fourth-order valence-corrected chi connectivity index (χ4v) is 4.19. The molecule has 0 bridgehead atoms. The van der Waals surface area contributed by atoms with Gasteiger partial charge in [-0.1, -0.05) is 18.6 Å². The summed E-state index contributed by atoms with van der Waals surface area (Å²) >= 11 is 1.77. The average molecular weight is 384 g/mol. The number of thioether (sulfide) groups is 1. The van der Waals surface area contributed by atoms with E-state index < -0.39 is 0 Å². The Balaban J connectivity index is 1.58. The van der Waals surface area contributed by atoms with Gasteiger partial charge in [-0.25, -0.2) is 4.98 Å². The summed E-state index contributed by atoms with van der Waals surface area (Å²) in [5.41, 5.74) is 4.69. The lowest BCUT2D eigenvalue weighted by Crippen LogP contribution is -2.30. The third-order valence-corrected chi connectivity index (χ3v) is 5.82. The van der Waals surface area contributed by atoms with Crippen LogP contribution < -0.4 is 5.32 Å². The fraction of sp³-hybridized carbons (Fsp3) is 0.450. The quantitative estimate of drug-likeness (QED) is 0.566. The van der Waals surface area contributed by atoms with Crippen LogP contribution in [0.2, 0.25) is 0 Å². The standard InChI is InChI=1S/C20H25N5OS/c1-27-12-11-17(19-21-15-9-5-6-10-16(15)22-19)23-20(26)18-13-7-3-2-4-8-14(13)24-25-18/h5-6,9-10,17H,2-4,7-8,11-12H2,1H3,(H,21,22)(H,23,26)(H,24,25)/t17-/m1/s1. The number of benzene rings is 1. The Morgan fingerprint density at radius 2 is 2.11 bits per heavy atom. The molecule has 6 nitrogen and oxygen atoms in total. The smallest absolute Gasteiger partial charge is 0.272 e. The Hall–Kier alpha value is -2.28. The molecule has 0 saturated heterocycles. The fourth-order valence-electron chi connectivity index (χ4n) is 3.72. The van der Waals surface area contributed by atoms with Crippen LogP contribution in [0.15, 0.2) is 24.3 Å². The van der Waals surface area contributed by atoms with Crippen LogP contribution in [0.25, 0.3) is 11.0 Å². The molecule has 7 heteroatoms. The number of imidazole rings is 1. The lowest BCUT2D eigenvalue weighted by Gasteiger charge is -2.16. The predicted molar refractivity (Wildman–Crippen MR) is 109 cm³/mol. The molecule has 3 aromatic rings. The van der Waals surface area contributed by atoms with E-state index in [1.54, 1.807) is 11.8 Å². The Labute approximate surface area is 162 Å². The van der Waals surface area contributed by atoms with Gasteiger partial charge in [0.1, 0.15) is 5.82 Å². The molecule has 0 fully saturated rings. The normalized spacial score (nSPS) is 15.3. The topological polar surface area (TPSA) is 86.5 Å². The number of H-pyrrole nitrogens is 2. The number of nitrogens with zero attached hydrogens (tertiary/aromatic N) is 2. The molecular formula is C20H25N5OS. The molecule has 2 aromatic heterocycles. The number of rotatable bonds is 6. The summed E-state index contributed by atoms with van der Waals surface area (Å²) in [5, 5.41) is 10.6. The molecule has 1 atom stereocenters. The van der Waals surface area contributed by atoms with Crippen LogP contribution in [0, 0.1) is 0 Å². The molecule has 0 saturated carbocycles. The second-order valence-corrected chi connectivity index (χ2v) is 8.02. The van der Waals surface area contributed by atoms with E-state index in [9.17, 15) is 4.79 Å². The van der Waals surface area contributed by atoms with Crippen LogP contribution in [0.1, 0.15) is 59.3 Å². The Kier molecular flexibility index (Phi) is 5.48. The summed E-state index contributed by atoms with van der Waals surface area (Å²) in [7, 11) is 0. The van der Waals surface area contributed by atoms with Crippen LogP contribution in [0.3, 0.4) is 0 Å². The van der Waals surface area contributed by atoms with Gasteiger partial charge in [-0.15, -0.1) is 0 Å². The van der Waals surface area contributed by atoms with Crippen molar-refractivity contribution >= 4 is 28.7 Å². The summed E-state index contributed by atoms with van der Waals surface area (Å²) in [6.45, 7) is 0. The summed E-state index contributed by atoms with van der Waals surface area (Å²) in [4.78, 5) is 21.1. The zero-order valence-electron chi connectivity index (χ0n) is 15.5. The van der Waals surface area contributed by atoms with E-state index in [-0.39, 0.29) is 11.9 Å². The first-order valence-electron chi connectivity index (χ1n) is 9.57. The number of aromatic amines is 2. The van der Waals surface area contributed by atoms with Crippen molar-refractivity contribution in [2.75, 3.05) is 12.0 Å². The second kappa shape index (κ2) is 8.17. The second-order valence-electron chi connectivity index (χ2n) is 7.04. The van der Waals surface area contributed by atoms with Crippen molar-refractivity contribution in [3.8, 4) is 0 Å². The number of fused-ring (bicyclic) bond motifs is 2. The zero-order valence-corrected chi connectivity index (χ0v) is 16.4. The number of carbonyl (C=O) groups excluding carboxylic acids is 1. The number of amides is 1. The van der Waals surface area contributed by atoms with Crippen molar-refractivity contribution in [1.82, 2.24) is 25.5 Å². The van der Waals surface area contributed by atoms with Gasteiger partial charge < -0.3 is 10.3 Å². The molecule has 1 aromatic carbocycles. The summed E-state index contributed by atoms with van der Waals surface area (Å²) in [6, 6.07) is 7.79. The maximum Gasteiger partial charge on any atom is 0.272 e. The number of hydrogen-bond donors (Lipinski definition) is 3. The van der Waals surface area contributed by atoms with Crippen LogP contribution in [-0.2, 0) is 12.8 Å². The SMILES string of the molecule is CSCC[C@@H](NC(=O)c1n[nH]c2c1CCCCC2)c1nc2ccccc2[nH]1. The van der Waals surface area contributed by atoms with Crippen LogP contribution >= 0.6 is 11.8 Å². The van der Waals surface area contributed by atoms with Crippen molar-refractivity contribution in [2.24, 2.45) is 0 Å². The predicted octanol–water partition coefficient (Wildman–Crippen LogP) is 3.78. The van der Waals surface area contributed by atoms with E-state index in [0.717, 1.165) is 66.0 Å². The molecule has 0 spiro atoms. The molecule has 2 heterocycles. The van der Waals surface area contributed by atoms with Gasteiger partial charge in [0.2, 0.25) is 0 Å². The summed E-state index contributed by atoms with van der Waals surface area (Å²) in [6.07, 6.45) is 8.28. The van der Waals surface area contributed by atoms with E-state index >= 15 is 0 Å². The van der Waals surface area contributed by atoms with Crippen molar-refractivity contribution < 1.29 is 4.79 Å². The van der Waals surface area contributed by atoms with E-state index in [0.29, 0.717) is 5.69 Å². The van der Waals surface area contributed by atoms with Gasteiger partial charge in [0, 0.05) is 11.3 Å². The molecule has 0 aliphatic heterocycles. The van der Waals surface area contributed by atoms with Gasteiger partial charge in [-0.2, -0.15) is 16.9 Å². The van der Waals surface area contributed by atoms with Crippen LogP contribution in [-0.4, -0.2) is 38.1 Å². The minimum atomic E-state index is -0.157. The maximum atomic E-state index is 13.0. The molecule has 0 unspecified atom stereocenters. The highest BCUT2D eigenvalue weighted by Crippen LogP contribution is 2.24. The molecule has 4 rings (SSSR count). The number of nitrogens with one attached hydrogen (secondary N) is 3. The lowest BCUT2D eigenvalue weighted by molar-refractivity contribution is 0.0928. The number of hydrogen-bond acceptors (Lipinski definition) is 4. The first kappa shape index (κ1) is 18.1. The van der Waals surface area contributed by atoms with E-state index in [1.807, 2.05) is 24.3 Å². The van der Waals surface area contributed by atoms with E-state index in [1.165, 1.54) is 6.42 Å². The maximum absolute atomic E-state index is 13.0. The molecule has 1 amide bonds. The Morgan fingerprint density at radius 3 is 2.96 bits per heavy atom. The van der Waals surface area contributed by atoms with Crippen molar-refractivity contribution in [2.45, 2.75) is 44.6 Å². The van der Waals surface area contributed by atoms with Crippen molar-refractivity contribution in [3.63, 3.8) is 0 Å². The van der Waals surface area contributed by atoms with Crippen molar-refractivity contribution in [1.29, 1.82) is 0 Å². The summed E-state index contributed by atoms with van der Waals surface area (Å²) in [5.74, 6) is 1.64. The number of para-hydroxylation sites is 2. The van der Waals surface area contributed by atoms with E-state index in [4.69, 9.17) is 4.98 Å². The molecule has 3 N–H and O–H groups in total. The highest BCUT2D eigenvalue weighted by Gasteiger charge is 2.24. The highest BCUT2D eigenvalue weighted by atomic mass is 32.2. The molecule has 27 heavy (non-hydrogen) atoms. The van der Waals surface area contributed by atoms with Gasteiger partial charge >= 0.3 is 0 Å². The molecule has 0 radical (unpaired) electrons. The van der Waals surface area contributed by atoms with Gasteiger partial charge in [0.25, 0.3) is 5.91 Å². The minimum absolute atomic E-state index is 0.110. The van der Waals surface area contributed by atoms with E-state index in [2.05, 4.69) is 26.8 Å². The van der Waals surface area contributed by atoms with Gasteiger partial charge in [0.05, 0.1) is 17.1 Å². The molecule has 142 valence electrons. The zero-order chi connectivity index (χ0) is 18.6. The van der Waals surface area contributed by atoms with Crippen LogP contribution in [0.5, 0.6) is 0 Å². The van der Waals surface area contributed by atoms with Gasteiger partial charge in [-0.05, 0) is 56.2 Å². The molecule has 1 aliphatic rings. The van der Waals surface area contributed by atoms with Gasteiger partial charge in [0.15, 0.2) is 5.69 Å². The Bertz CT molecular complexity index is 898. The molecular weight excluding hydrogens is 358 g/mol. The lowest BCUT2D eigenvalue weighted by atomic mass is 10.1. The first-order chi connectivity index (χ1) is 13.3. The first-order valence-corrected chi connectivity index (χ1v) is 11.0. The number of aromatic nitrogens is 4. The number of aryl methyl sites for hydroxylation is 1.